The second-order valence-corrected chi connectivity index (χ2v) is 12.7. The van der Waals surface area contributed by atoms with E-state index in [0.29, 0.717) is 0 Å². The van der Waals surface area contributed by atoms with Crippen LogP contribution in [0.15, 0.2) is 171 Å². The zero-order valence-corrected chi connectivity index (χ0v) is 26.2. The van der Waals surface area contributed by atoms with Gasteiger partial charge in [-0.05, 0) is 74.6 Å². The van der Waals surface area contributed by atoms with Gasteiger partial charge in [0.2, 0.25) is 0 Å². The van der Waals surface area contributed by atoms with Crippen LogP contribution in [0.1, 0.15) is 0 Å². The van der Waals surface area contributed by atoms with Crippen molar-refractivity contribution in [1.29, 1.82) is 0 Å². The first-order valence-corrected chi connectivity index (χ1v) is 16.6. The Morgan fingerprint density at radius 1 is 0.286 bits per heavy atom. The maximum atomic E-state index is 7.03. The lowest BCUT2D eigenvalue weighted by molar-refractivity contribution is 0.633. The Bertz CT molecular complexity index is 3040. The van der Waals surface area contributed by atoms with Gasteiger partial charge >= 0.3 is 0 Å². The summed E-state index contributed by atoms with van der Waals surface area (Å²) >= 11 is 0. The van der Waals surface area contributed by atoms with E-state index in [-0.39, 0.29) is 0 Å². The van der Waals surface area contributed by atoms with E-state index in [2.05, 4.69) is 133 Å². The number of hydrogen-bond acceptors (Lipinski definition) is 3. The smallest absolute Gasteiger partial charge is 0.147 e. The van der Waals surface area contributed by atoms with Crippen LogP contribution in [0.4, 0.5) is 0 Å². The normalized spacial score (nSPS) is 12.1. The summed E-state index contributed by atoms with van der Waals surface area (Å²) in [5.41, 5.74) is 9.84. The lowest BCUT2D eigenvalue weighted by Crippen LogP contribution is -1.91. The van der Waals surface area contributed by atoms with Crippen LogP contribution in [0.2, 0.25) is 0 Å². The fraction of sp³-hybridized carbons (Fsp3) is 0. The molecule has 0 atom stereocenters. The quantitative estimate of drug-likeness (QED) is 0.183. The van der Waals surface area contributed by atoms with Gasteiger partial charge in [0, 0.05) is 32.7 Å². The van der Waals surface area contributed by atoms with Crippen LogP contribution in [0.3, 0.4) is 0 Å². The largest absolute Gasteiger partial charge is 0.456 e. The Hall–Kier alpha value is -6.58. The van der Waals surface area contributed by atoms with Gasteiger partial charge in [-0.2, -0.15) is 0 Å². The summed E-state index contributed by atoms with van der Waals surface area (Å²) in [6, 6.07) is 55.3. The fourth-order valence-corrected chi connectivity index (χ4v) is 7.99. The topological polar surface area (TPSA) is 39.4 Å². The highest BCUT2D eigenvalue weighted by Gasteiger charge is 2.26. The molecule has 3 heterocycles. The van der Waals surface area contributed by atoms with E-state index in [1.807, 2.05) is 24.3 Å². The summed E-state index contributed by atoms with van der Waals surface area (Å²) in [6.45, 7) is 0. The molecule has 49 heavy (non-hydrogen) atoms. The molecule has 0 fully saturated rings. The van der Waals surface area contributed by atoms with Crippen molar-refractivity contribution in [3.63, 3.8) is 0 Å². The van der Waals surface area contributed by atoms with Crippen LogP contribution in [0.5, 0.6) is 0 Å². The predicted octanol–water partition coefficient (Wildman–Crippen LogP) is 13.5. The summed E-state index contributed by atoms with van der Waals surface area (Å²) in [4.78, 5) is 0. The third-order valence-electron chi connectivity index (χ3n) is 10.1. The van der Waals surface area contributed by atoms with Gasteiger partial charge in [-0.1, -0.05) is 121 Å². The van der Waals surface area contributed by atoms with Crippen LogP contribution in [-0.4, -0.2) is 0 Å². The molecule has 0 aliphatic carbocycles. The molecular weight excluding hydrogens is 601 g/mol. The van der Waals surface area contributed by atoms with Gasteiger partial charge in [-0.25, -0.2) is 0 Å². The first-order valence-electron chi connectivity index (χ1n) is 16.6. The Labute approximate surface area is 280 Å². The number of hydrogen-bond donors (Lipinski definition) is 0. The summed E-state index contributed by atoms with van der Waals surface area (Å²) in [5.74, 6) is 0.837. The Balaban J connectivity index is 1.28. The standard InChI is InChI=1S/C46H26O3/c1-2-12-27(13-3-1)42-44-40(25-23-35-29-14-8-11-21-38(29)48-45(35)44)49-46(42)43-33-18-6-4-16-31(33)41(32-17-5-7-19-34(32)43)28-22-24-39-36(26-28)30-15-9-10-20-37(30)47-39/h1-26H. The maximum absolute atomic E-state index is 7.03. The summed E-state index contributed by atoms with van der Waals surface area (Å²) < 4.78 is 19.9. The highest BCUT2D eigenvalue weighted by molar-refractivity contribution is 6.26. The van der Waals surface area contributed by atoms with E-state index >= 15 is 0 Å². The van der Waals surface area contributed by atoms with Crippen LogP contribution in [-0.2, 0) is 0 Å². The van der Waals surface area contributed by atoms with Crippen molar-refractivity contribution in [2.45, 2.75) is 0 Å². The average Bonchev–Trinajstić information content (AvgIpc) is 3.85. The van der Waals surface area contributed by atoms with Gasteiger partial charge in [0.15, 0.2) is 0 Å². The van der Waals surface area contributed by atoms with Gasteiger partial charge in [-0.3, -0.25) is 0 Å². The molecule has 3 aromatic heterocycles. The second kappa shape index (κ2) is 9.96. The zero-order chi connectivity index (χ0) is 32.1. The van der Waals surface area contributed by atoms with E-state index in [4.69, 9.17) is 13.3 Å². The van der Waals surface area contributed by atoms with E-state index in [0.717, 1.165) is 104 Å². The van der Waals surface area contributed by atoms with E-state index < -0.39 is 0 Å². The molecule has 0 saturated carbocycles. The predicted molar refractivity (Wildman–Crippen MR) is 202 cm³/mol. The SMILES string of the molecule is c1ccc(-c2c(-c3c4ccccc4c(-c4ccc5oc6ccccc6c5c4)c4ccccc34)oc3ccc4c5ccccc5oc4c23)cc1. The molecule has 0 N–H and O–H groups in total. The molecule has 3 heteroatoms. The molecule has 0 amide bonds. The minimum absolute atomic E-state index is 0.801. The number of fused-ring (bicyclic) bond motifs is 10. The molecule has 0 saturated heterocycles. The molecule has 8 aromatic carbocycles. The summed E-state index contributed by atoms with van der Waals surface area (Å²) in [6.07, 6.45) is 0. The van der Waals surface area contributed by atoms with E-state index in [1.165, 1.54) is 5.56 Å². The molecule has 0 aliphatic rings. The number of benzene rings is 8. The van der Waals surface area contributed by atoms with Crippen molar-refractivity contribution < 1.29 is 13.3 Å². The van der Waals surface area contributed by atoms with Crippen LogP contribution < -0.4 is 0 Å². The molecular formula is C46H26O3. The zero-order valence-electron chi connectivity index (χ0n) is 26.2. The van der Waals surface area contributed by atoms with Crippen LogP contribution >= 0.6 is 0 Å². The first kappa shape index (κ1) is 26.5. The summed E-state index contributed by atoms with van der Waals surface area (Å²) in [5, 5.41) is 10.00. The second-order valence-electron chi connectivity index (χ2n) is 12.7. The van der Waals surface area contributed by atoms with Gasteiger partial charge < -0.3 is 13.3 Å². The number of para-hydroxylation sites is 2. The average molecular weight is 627 g/mol. The lowest BCUT2D eigenvalue weighted by Gasteiger charge is -2.17. The van der Waals surface area contributed by atoms with Crippen molar-refractivity contribution in [3.05, 3.63) is 158 Å². The molecule has 0 unspecified atom stereocenters. The maximum Gasteiger partial charge on any atom is 0.147 e. The molecule has 0 aliphatic heterocycles. The molecule has 11 rings (SSSR count). The van der Waals surface area contributed by atoms with Gasteiger partial charge in [-0.15, -0.1) is 0 Å². The third kappa shape index (κ3) is 3.73. The van der Waals surface area contributed by atoms with Crippen molar-refractivity contribution in [2.75, 3.05) is 0 Å². The molecule has 3 nitrogen and oxygen atoms in total. The van der Waals surface area contributed by atoms with Crippen LogP contribution in [0, 0.1) is 0 Å². The lowest BCUT2D eigenvalue weighted by atomic mass is 9.86. The van der Waals surface area contributed by atoms with Crippen molar-refractivity contribution in [3.8, 4) is 33.6 Å². The molecule has 0 radical (unpaired) electrons. The van der Waals surface area contributed by atoms with Crippen molar-refractivity contribution in [2.24, 2.45) is 0 Å². The third-order valence-corrected chi connectivity index (χ3v) is 10.1. The Morgan fingerprint density at radius 3 is 1.51 bits per heavy atom. The van der Waals surface area contributed by atoms with E-state index in [1.54, 1.807) is 0 Å². The molecule has 228 valence electrons. The van der Waals surface area contributed by atoms with Crippen LogP contribution in [0.25, 0.3) is 110 Å². The van der Waals surface area contributed by atoms with E-state index in [9.17, 15) is 0 Å². The minimum Gasteiger partial charge on any atom is -0.456 e. The molecule has 0 spiro atoms. The highest BCUT2D eigenvalue weighted by atomic mass is 16.3. The number of furan rings is 3. The van der Waals surface area contributed by atoms with Crippen molar-refractivity contribution >= 4 is 76.4 Å². The van der Waals surface area contributed by atoms with Gasteiger partial charge in [0.1, 0.15) is 33.7 Å². The Morgan fingerprint density at radius 2 is 0.816 bits per heavy atom. The first-order chi connectivity index (χ1) is 24.3. The Kier molecular flexibility index (Phi) is 5.38. The van der Waals surface area contributed by atoms with Crippen molar-refractivity contribution in [1.82, 2.24) is 0 Å². The fourth-order valence-electron chi connectivity index (χ4n) is 7.99. The highest BCUT2D eigenvalue weighted by Crippen LogP contribution is 2.51. The minimum atomic E-state index is 0.801. The molecule has 0 bridgehead atoms. The molecule has 11 aromatic rings. The summed E-state index contributed by atoms with van der Waals surface area (Å²) in [7, 11) is 0. The monoisotopic (exact) mass is 626 g/mol. The van der Waals surface area contributed by atoms with Gasteiger partial charge in [0.05, 0.1) is 5.39 Å². The number of rotatable bonds is 3. The van der Waals surface area contributed by atoms with Gasteiger partial charge in [0.25, 0.3) is 0 Å².